The van der Waals surface area contributed by atoms with E-state index in [0.717, 1.165) is 61.8 Å². The van der Waals surface area contributed by atoms with Gasteiger partial charge < -0.3 is 4.74 Å². The van der Waals surface area contributed by atoms with E-state index in [0.29, 0.717) is 0 Å². The van der Waals surface area contributed by atoms with Crippen molar-refractivity contribution in [3.05, 3.63) is 204 Å². The molecular formula is C47H30N2O. The van der Waals surface area contributed by atoms with E-state index in [2.05, 4.69) is 168 Å². The number of hydrogen-bond acceptors (Lipinski definition) is 3. The van der Waals surface area contributed by atoms with Gasteiger partial charge >= 0.3 is 0 Å². The number of nitrogens with zero attached hydrogens (tertiary/aromatic N) is 2. The Bertz CT molecular complexity index is 2530. The predicted octanol–water partition coefficient (Wildman–Crippen LogP) is 11.6. The molecule has 3 nitrogen and oxygen atoms in total. The molecule has 7 aromatic carbocycles. The molecule has 0 radical (unpaired) electrons. The lowest BCUT2D eigenvalue weighted by molar-refractivity contribution is 0.436. The van der Waals surface area contributed by atoms with Crippen LogP contribution >= 0.6 is 0 Å². The van der Waals surface area contributed by atoms with Crippen molar-refractivity contribution in [3.63, 3.8) is 0 Å². The summed E-state index contributed by atoms with van der Waals surface area (Å²) in [4.78, 5) is 0. The molecule has 0 atom stereocenters. The van der Waals surface area contributed by atoms with Crippen LogP contribution in [-0.2, 0) is 5.41 Å². The van der Waals surface area contributed by atoms with Crippen LogP contribution in [0.3, 0.4) is 0 Å². The van der Waals surface area contributed by atoms with Gasteiger partial charge in [0, 0.05) is 22.3 Å². The summed E-state index contributed by atoms with van der Waals surface area (Å²) in [6.07, 6.45) is 0. The van der Waals surface area contributed by atoms with Gasteiger partial charge in [-0.15, -0.1) is 10.2 Å². The van der Waals surface area contributed by atoms with Gasteiger partial charge in [-0.3, -0.25) is 0 Å². The van der Waals surface area contributed by atoms with Crippen molar-refractivity contribution >= 4 is 0 Å². The highest BCUT2D eigenvalue weighted by Crippen LogP contribution is 2.62. The smallest absolute Gasteiger partial charge is 0.132 e. The summed E-state index contributed by atoms with van der Waals surface area (Å²) in [6, 6.07) is 64.5. The standard InChI is InChI=1S/C47H30N2O/c1-2-13-31(14-3-1)43-26-27-44(49-48-43)34-16-12-15-32(29-34)35-17-4-5-18-36(35)33-25-28-46-42(30-33)47(41-23-10-11-24-45(41)50-46)39-21-8-6-19-37(39)38-20-7-9-22-40(38)47/h1-30H. The summed E-state index contributed by atoms with van der Waals surface area (Å²) in [6.45, 7) is 0. The molecule has 50 heavy (non-hydrogen) atoms. The van der Waals surface area contributed by atoms with Gasteiger partial charge in [-0.25, -0.2) is 0 Å². The number of ether oxygens (including phenoxy) is 1. The largest absolute Gasteiger partial charge is 0.457 e. The van der Waals surface area contributed by atoms with Crippen LogP contribution in [0.15, 0.2) is 182 Å². The van der Waals surface area contributed by atoms with E-state index in [4.69, 9.17) is 4.74 Å². The zero-order chi connectivity index (χ0) is 33.1. The highest BCUT2D eigenvalue weighted by Gasteiger charge is 2.51. The molecule has 0 bridgehead atoms. The molecule has 3 heteroatoms. The summed E-state index contributed by atoms with van der Waals surface area (Å²) in [5.74, 6) is 1.78. The van der Waals surface area contributed by atoms with Crippen molar-refractivity contribution in [1.82, 2.24) is 10.2 Å². The van der Waals surface area contributed by atoms with Crippen LogP contribution in [0.1, 0.15) is 22.3 Å². The molecule has 1 aromatic heterocycles. The van der Waals surface area contributed by atoms with Crippen molar-refractivity contribution in [3.8, 4) is 67.4 Å². The summed E-state index contributed by atoms with van der Waals surface area (Å²) < 4.78 is 6.69. The minimum atomic E-state index is -0.507. The zero-order valence-electron chi connectivity index (χ0n) is 27.1. The average Bonchev–Trinajstić information content (AvgIpc) is 3.49. The first-order chi connectivity index (χ1) is 24.8. The van der Waals surface area contributed by atoms with Gasteiger partial charge in [0.2, 0.25) is 0 Å². The Balaban J connectivity index is 1.12. The Hall–Kier alpha value is -6.58. The lowest BCUT2D eigenvalue weighted by atomic mass is 9.65. The van der Waals surface area contributed by atoms with Crippen LogP contribution in [0, 0.1) is 0 Å². The first-order valence-corrected chi connectivity index (χ1v) is 17.0. The van der Waals surface area contributed by atoms with E-state index < -0.39 is 5.41 Å². The summed E-state index contributed by atoms with van der Waals surface area (Å²) in [5.41, 5.74) is 15.3. The molecule has 0 unspecified atom stereocenters. The Morgan fingerprint density at radius 2 is 0.820 bits per heavy atom. The Kier molecular flexibility index (Phi) is 6.40. The summed E-state index contributed by atoms with van der Waals surface area (Å²) >= 11 is 0. The van der Waals surface area contributed by atoms with Crippen molar-refractivity contribution in [2.75, 3.05) is 0 Å². The van der Waals surface area contributed by atoms with E-state index in [-0.39, 0.29) is 0 Å². The average molecular weight is 639 g/mol. The molecule has 0 saturated heterocycles. The molecule has 234 valence electrons. The summed E-state index contributed by atoms with van der Waals surface area (Å²) in [7, 11) is 0. The first kappa shape index (κ1) is 28.4. The van der Waals surface area contributed by atoms with Crippen molar-refractivity contribution in [1.29, 1.82) is 0 Å². The molecule has 0 saturated carbocycles. The quantitative estimate of drug-likeness (QED) is 0.192. The van der Waals surface area contributed by atoms with Crippen molar-refractivity contribution in [2.24, 2.45) is 0 Å². The fourth-order valence-electron chi connectivity index (χ4n) is 8.11. The molecule has 2 aliphatic rings. The maximum Gasteiger partial charge on any atom is 0.132 e. The van der Waals surface area contributed by atoms with Gasteiger partial charge in [0.25, 0.3) is 0 Å². The second-order valence-electron chi connectivity index (χ2n) is 12.9. The van der Waals surface area contributed by atoms with Gasteiger partial charge in [-0.2, -0.15) is 0 Å². The molecule has 1 aliphatic carbocycles. The van der Waals surface area contributed by atoms with E-state index in [1.54, 1.807) is 0 Å². The SMILES string of the molecule is c1ccc(-c2ccc(-c3cccc(-c4ccccc4-c4ccc5c(c4)C4(c6ccccc6O5)c5ccccc5-c5ccccc54)c3)nn2)cc1. The molecule has 10 rings (SSSR count). The monoisotopic (exact) mass is 638 g/mol. The maximum absolute atomic E-state index is 6.69. The van der Waals surface area contributed by atoms with Crippen LogP contribution in [-0.4, -0.2) is 10.2 Å². The van der Waals surface area contributed by atoms with E-state index in [1.807, 2.05) is 24.3 Å². The third-order valence-electron chi connectivity index (χ3n) is 10.3. The van der Waals surface area contributed by atoms with Gasteiger partial charge in [0.05, 0.1) is 16.8 Å². The highest BCUT2D eigenvalue weighted by atomic mass is 16.5. The first-order valence-electron chi connectivity index (χ1n) is 17.0. The molecular weight excluding hydrogens is 609 g/mol. The fraction of sp³-hybridized carbons (Fsp3) is 0.0213. The lowest BCUT2D eigenvalue weighted by Crippen LogP contribution is -2.32. The van der Waals surface area contributed by atoms with Crippen molar-refractivity contribution in [2.45, 2.75) is 5.41 Å². The molecule has 1 spiro atoms. The molecule has 1 aliphatic heterocycles. The normalized spacial score (nSPS) is 13.1. The maximum atomic E-state index is 6.69. The lowest BCUT2D eigenvalue weighted by Gasteiger charge is -2.39. The van der Waals surface area contributed by atoms with Crippen LogP contribution < -0.4 is 4.74 Å². The minimum absolute atomic E-state index is 0.507. The van der Waals surface area contributed by atoms with Crippen LogP contribution in [0.5, 0.6) is 11.5 Å². The Labute approximate surface area is 291 Å². The Morgan fingerprint density at radius 3 is 1.50 bits per heavy atom. The van der Waals surface area contributed by atoms with Gasteiger partial charge in [0.15, 0.2) is 0 Å². The third-order valence-corrected chi connectivity index (χ3v) is 10.3. The van der Waals surface area contributed by atoms with Crippen LogP contribution in [0.2, 0.25) is 0 Å². The van der Waals surface area contributed by atoms with E-state index >= 15 is 0 Å². The number of rotatable bonds is 4. The van der Waals surface area contributed by atoms with E-state index in [1.165, 1.54) is 27.8 Å². The van der Waals surface area contributed by atoms with E-state index in [9.17, 15) is 0 Å². The zero-order valence-corrected chi connectivity index (χ0v) is 27.1. The molecule has 0 N–H and O–H groups in total. The minimum Gasteiger partial charge on any atom is -0.457 e. The third kappa shape index (κ3) is 4.23. The van der Waals surface area contributed by atoms with Gasteiger partial charge in [0.1, 0.15) is 11.5 Å². The van der Waals surface area contributed by atoms with Crippen LogP contribution in [0.25, 0.3) is 55.9 Å². The highest BCUT2D eigenvalue weighted by molar-refractivity contribution is 5.91. The van der Waals surface area contributed by atoms with Gasteiger partial charge in [-0.1, -0.05) is 146 Å². The number of para-hydroxylation sites is 1. The molecule has 2 heterocycles. The predicted molar refractivity (Wildman–Crippen MR) is 201 cm³/mol. The van der Waals surface area contributed by atoms with Gasteiger partial charge in [-0.05, 0) is 80.9 Å². The second-order valence-corrected chi connectivity index (χ2v) is 12.9. The summed E-state index contributed by atoms with van der Waals surface area (Å²) in [5, 5.41) is 9.18. The second kappa shape index (κ2) is 11.3. The molecule has 0 fully saturated rings. The number of fused-ring (bicyclic) bond motifs is 9. The topological polar surface area (TPSA) is 35.0 Å². The number of benzene rings is 7. The molecule has 0 amide bonds. The fourth-order valence-corrected chi connectivity index (χ4v) is 8.11. The number of aromatic nitrogens is 2. The molecule has 8 aromatic rings. The Morgan fingerprint density at radius 1 is 0.320 bits per heavy atom. The van der Waals surface area contributed by atoms with Crippen LogP contribution in [0.4, 0.5) is 0 Å². The number of hydrogen-bond donors (Lipinski definition) is 0. The van der Waals surface area contributed by atoms with Crippen molar-refractivity contribution < 1.29 is 4.74 Å².